The number of aliphatic hydroxyl groups is 1. The summed E-state index contributed by atoms with van der Waals surface area (Å²) in [5, 5.41) is 34.3. The average Bonchev–Trinajstić information content (AvgIpc) is 3.05. The predicted molar refractivity (Wildman–Crippen MR) is 112 cm³/mol. The molecule has 0 saturated heterocycles. The van der Waals surface area contributed by atoms with Crippen LogP contribution in [0.15, 0.2) is 48.5 Å². The van der Waals surface area contributed by atoms with Crippen molar-refractivity contribution in [2.24, 2.45) is 0 Å². The maximum atomic E-state index is 9.98. The standard InChI is InChI=1S/C19H19ClN4O3S/c1-11(10-25)22-17(21)16-18(26)24-28-19(16)23-13-4-8-15(9-5-13)27-14-6-2-12(20)3-7-14/h2-9,11,23,25H,10H2,1H3,(H2,21,22)(H,24,26). The summed E-state index contributed by atoms with van der Waals surface area (Å²) in [6.07, 6.45) is 0. The van der Waals surface area contributed by atoms with E-state index in [9.17, 15) is 5.11 Å². The van der Waals surface area contributed by atoms with Gasteiger partial charge in [-0.3, -0.25) is 5.41 Å². The Morgan fingerprint density at radius 1 is 1.18 bits per heavy atom. The number of rotatable bonds is 7. The highest BCUT2D eigenvalue weighted by Gasteiger charge is 2.19. The van der Waals surface area contributed by atoms with Crippen LogP contribution in [0.2, 0.25) is 5.02 Å². The van der Waals surface area contributed by atoms with Gasteiger partial charge >= 0.3 is 0 Å². The quantitative estimate of drug-likeness (QED) is 0.288. The molecule has 2 aromatic carbocycles. The summed E-state index contributed by atoms with van der Waals surface area (Å²) in [7, 11) is 0. The Labute approximate surface area is 171 Å². The van der Waals surface area contributed by atoms with Gasteiger partial charge in [0.05, 0.1) is 6.61 Å². The largest absolute Gasteiger partial charge is 0.492 e. The molecule has 0 fully saturated rings. The number of nitrogens with zero attached hydrogens (tertiary/aromatic N) is 1. The van der Waals surface area contributed by atoms with E-state index in [1.165, 1.54) is 0 Å². The zero-order valence-electron chi connectivity index (χ0n) is 14.9. The van der Waals surface area contributed by atoms with Gasteiger partial charge in [-0.15, -0.1) is 0 Å². The highest BCUT2D eigenvalue weighted by atomic mass is 35.5. The molecule has 0 aliphatic carbocycles. The molecule has 1 aromatic heterocycles. The van der Waals surface area contributed by atoms with Crippen molar-refractivity contribution in [3.8, 4) is 17.4 Å². The molecule has 1 heterocycles. The van der Waals surface area contributed by atoms with Crippen molar-refractivity contribution in [1.82, 2.24) is 9.69 Å². The van der Waals surface area contributed by atoms with Crippen molar-refractivity contribution in [2.45, 2.75) is 13.0 Å². The van der Waals surface area contributed by atoms with Gasteiger partial charge in [-0.05, 0) is 67.0 Å². The van der Waals surface area contributed by atoms with Crippen molar-refractivity contribution in [1.29, 1.82) is 5.41 Å². The summed E-state index contributed by atoms with van der Waals surface area (Å²) >= 11 is 6.91. The fraction of sp³-hybridized carbons (Fsp3) is 0.158. The molecular weight excluding hydrogens is 400 g/mol. The molecule has 28 heavy (non-hydrogen) atoms. The molecule has 7 nitrogen and oxygen atoms in total. The normalized spacial score (nSPS) is 11.7. The molecule has 9 heteroatoms. The lowest BCUT2D eigenvalue weighted by Crippen LogP contribution is -2.35. The number of nitrogens with one attached hydrogen (secondary N) is 3. The van der Waals surface area contributed by atoms with E-state index < -0.39 is 0 Å². The van der Waals surface area contributed by atoms with Crippen molar-refractivity contribution < 1.29 is 14.9 Å². The van der Waals surface area contributed by atoms with E-state index in [1.807, 2.05) is 12.1 Å². The first-order chi connectivity index (χ1) is 13.5. The highest BCUT2D eigenvalue weighted by Crippen LogP contribution is 2.33. The molecule has 0 amide bonds. The Morgan fingerprint density at radius 2 is 1.79 bits per heavy atom. The minimum atomic E-state index is -0.316. The lowest BCUT2D eigenvalue weighted by Gasteiger charge is -2.14. The lowest BCUT2D eigenvalue weighted by molar-refractivity contribution is 0.264. The Morgan fingerprint density at radius 3 is 2.39 bits per heavy atom. The van der Waals surface area contributed by atoms with Gasteiger partial charge < -0.3 is 25.6 Å². The zero-order valence-corrected chi connectivity index (χ0v) is 16.5. The molecule has 0 spiro atoms. The second-order valence-electron chi connectivity index (χ2n) is 6.02. The number of aromatic nitrogens is 1. The van der Waals surface area contributed by atoms with Crippen LogP contribution in [0.5, 0.6) is 17.4 Å². The second kappa shape index (κ2) is 8.92. The zero-order chi connectivity index (χ0) is 20.1. The van der Waals surface area contributed by atoms with Crippen LogP contribution in [-0.2, 0) is 0 Å². The van der Waals surface area contributed by atoms with E-state index in [0.717, 1.165) is 17.2 Å². The summed E-state index contributed by atoms with van der Waals surface area (Å²) < 4.78 is 9.66. The predicted octanol–water partition coefficient (Wildman–Crippen LogP) is 4.33. The van der Waals surface area contributed by atoms with Crippen LogP contribution in [0, 0.1) is 5.41 Å². The van der Waals surface area contributed by atoms with Crippen LogP contribution in [0.4, 0.5) is 10.7 Å². The average molecular weight is 419 g/mol. The lowest BCUT2D eigenvalue weighted by atomic mass is 10.2. The first-order valence-corrected chi connectivity index (χ1v) is 9.57. The highest BCUT2D eigenvalue weighted by molar-refractivity contribution is 7.11. The van der Waals surface area contributed by atoms with E-state index in [1.54, 1.807) is 43.3 Å². The van der Waals surface area contributed by atoms with Gasteiger partial charge in [0, 0.05) is 16.8 Å². The summed E-state index contributed by atoms with van der Waals surface area (Å²) in [6, 6.07) is 14.0. The summed E-state index contributed by atoms with van der Waals surface area (Å²) in [5.41, 5.74) is 1.00. The molecule has 0 saturated carbocycles. The minimum Gasteiger partial charge on any atom is -0.492 e. The molecule has 3 rings (SSSR count). The fourth-order valence-electron chi connectivity index (χ4n) is 2.33. The SMILES string of the molecule is CC(CO)NC(=N)c1c(O)nsc1Nc1ccc(Oc2ccc(Cl)cc2)cc1. The molecular formula is C19H19ClN4O3S. The molecule has 0 aliphatic rings. The molecule has 0 bridgehead atoms. The molecule has 1 atom stereocenters. The number of anilines is 2. The number of benzene rings is 2. The number of hydrogen-bond donors (Lipinski definition) is 5. The van der Waals surface area contributed by atoms with E-state index >= 15 is 0 Å². The number of amidine groups is 1. The third kappa shape index (κ3) is 4.92. The Kier molecular flexibility index (Phi) is 6.35. The molecule has 0 radical (unpaired) electrons. The van der Waals surface area contributed by atoms with E-state index in [0.29, 0.717) is 21.5 Å². The smallest absolute Gasteiger partial charge is 0.236 e. The second-order valence-corrected chi connectivity index (χ2v) is 7.23. The Bertz CT molecular complexity index is 945. The fourth-order valence-corrected chi connectivity index (χ4v) is 3.18. The third-order valence-corrected chi connectivity index (χ3v) is 4.76. The van der Waals surface area contributed by atoms with Crippen LogP contribution in [0.1, 0.15) is 12.5 Å². The maximum absolute atomic E-state index is 9.98. The number of ether oxygens (including phenoxy) is 1. The van der Waals surface area contributed by atoms with E-state index in [-0.39, 0.29) is 29.9 Å². The summed E-state index contributed by atoms with van der Waals surface area (Å²) in [5.74, 6) is 1.08. The summed E-state index contributed by atoms with van der Waals surface area (Å²) in [4.78, 5) is 0. The van der Waals surface area contributed by atoms with Gasteiger partial charge in [0.25, 0.3) is 0 Å². The van der Waals surface area contributed by atoms with Gasteiger partial charge in [0.15, 0.2) is 0 Å². The minimum absolute atomic E-state index is 0.0157. The third-order valence-electron chi connectivity index (χ3n) is 3.75. The topological polar surface area (TPSA) is 110 Å². The van der Waals surface area contributed by atoms with Gasteiger partial charge in [-0.1, -0.05) is 11.6 Å². The maximum Gasteiger partial charge on any atom is 0.236 e. The van der Waals surface area contributed by atoms with Crippen LogP contribution in [-0.4, -0.2) is 33.1 Å². The van der Waals surface area contributed by atoms with Crippen LogP contribution in [0.3, 0.4) is 0 Å². The number of aromatic hydroxyl groups is 1. The van der Waals surface area contributed by atoms with Gasteiger partial charge in [0.1, 0.15) is 27.9 Å². The van der Waals surface area contributed by atoms with Crippen LogP contribution >= 0.6 is 23.1 Å². The molecule has 5 N–H and O–H groups in total. The summed E-state index contributed by atoms with van der Waals surface area (Å²) in [6.45, 7) is 1.61. The van der Waals surface area contributed by atoms with Crippen molar-refractivity contribution in [3.05, 3.63) is 59.1 Å². The molecule has 0 aliphatic heterocycles. The molecule has 3 aromatic rings. The molecule has 146 valence electrons. The first kappa shape index (κ1) is 19.9. The number of halogens is 1. The number of aliphatic hydroxyl groups excluding tert-OH is 1. The Balaban J connectivity index is 1.70. The Hall–Kier alpha value is -2.81. The van der Waals surface area contributed by atoms with Crippen molar-refractivity contribution >= 4 is 39.7 Å². The van der Waals surface area contributed by atoms with Crippen LogP contribution in [0.25, 0.3) is 0 Å². The van der Waals surface area contributed by atoms with Gasteiger partial charge in [0.2, 0.25) is 5.88 Å². The van der Waals surface area contributed by atoms with E-state index in [2.05, 4.69) is 15.0 Å². The molecule has 1 unspecified atom stereocenters. The monoisotopic (exact) mass is 418 g/mol. The van der Waals surface area contributed by atoms with Gasteiger partial charge in [-0.2, -0.15) is 4.37 Å². The van der Waals surface area contributed by atoms with Gasteiger partial charge in [-0.25, -0.2) is 0 Å². The van der Waals surface area contributed by atoms with E-state index in [4.69, 9.17) is 26.9 Å². The van der Waals surface area contributed by atoms with Crippen LogP contribution < -0.4 is 15.4 Å². The van der Waals surface area contributed by atoms with Crippen molar-refractivity contribution in [2.75, 3.05) is 11.9 Å². The first-order valence-electron chi connectivity index (χ1n) is 8.41. The number of hydrogen-bond acceptors (Lipinski definition) is 7. The van der Waals surface area contributed by atoms with Crippen molar-refractivity contribution in [3.63, 3.8) is 0 Å².